The molecular weight excluding hydrogens is 266 g/mol. The molecular formula is C17H23NO3. The molecule has 2 aliphatic rings. The van der Waals surface area contributed by atoms with Crippen molar-refractivity contribution in [1.29, 1.82) is 0 Å². The lowest BCUT2D eigenvalue weighted by Crippen LogP contribution is -2.52. The summed E-state index contributed by atoms with van der Waals surface area (Å²) >= 11 is 0. The SMILES string of the molecule is CC(=O)O[C@H]1C[C@H]2CC[C@@H]([C@H]1[C@H](O)c1ccccc1)N2C. The van der Waals surface area contributed by atoms with Crippen molar-refractivity contribution < 1.29 is 14.6 Å². The van der Waals surface area contributed by atoms with E-state index in [4.69, 9.17) is 4.74 Å². The van der Waals surface area contributed by atoms with E-state index in [9.17, 15) is 9.90 Å². The summed E-state index contributed by atoms with van der Waals surface area (Å²) in [6, 6.07) is 10.4. The number of carbonyl (C=O) groups excluding carboxylic acids is 1. The third kappa shape index (κ3) is 2.70. The van der Waals surface area contributed by atoms with Crippen molar-refractivity contribution in [3.8, 4) is 0 Å². The highest BCUT2D eigenvalue weighted by Crippen LogP contribution is 2.44. The van der Waals surface area contributed by atoms with Crippen molar-refractivity contribution >= 4 is 5.97 Å². The third-order valence-corrected chi connectivity index (χ3v) is 5.10. The van der Waals surface area contributed by atoms with Crippen LogP contribution in [0, 0.1) is 5.92 Å². The van der Waals surface area contributed by atoms with Gasteiger partial charge in [-0.05, 0) is 25.5 Å². The van der Waals surface area contributed by atoms with Crippen LogP contribution in [0.2, 0.25) is 0 Å². The Morgan fingerprint density at radius 1 is 1.33 bits per heavy atom. The van der Waals surface area contributed by atoms with Gasteiger partial charge in [0.2, 0.25) is 0 Å². The molecule has 21 heavy (non-hydrogen) atoms. The molecule has 1 N–H and O–H groups in total. The zero-order chi connectivity index (χ0) is 15.0. The van der Waals surface area contributed by atoms with Gasteiger partial charge in [-0.25, -0.2) is 0 Å². The second kappa shape index (κ2) is 5.78. The highest BCUT2D eigenvalue weighted by molar-refractivity contribution is 5.66. The monoisotopic (exact) mass is 289 g/mol. The summed E-state index contributed by atoms with van der Waals surface area (Å²) in [5.74, 6) is -0.311. The lowest BCUT2D eigenvalue weighted by atomic mass is 9.80. The molecule has 2 fully saturated rings. The molecule has 4 heteroatoms. The Labute approximate surface area is 125 Å². The second-order valence-corrected chi connectivity index (χ2v) is 6.28. The zero-order valence-electron chi connectivity index (χ0n) is 12.6. The molecule has 1 aromatic carbocycles. The summed E-state index contributed by atoms with van der Waals surface area (Å²) in [6.07, 6.45) is 2.22. The number of hydrogen-bond donors (Lipinski definition) is 1. The molecule has 5 atom stereocenters. The van der Waals surface area contributed by atoms with Gasteiger partial charge in [-0.3, -0.25) is 9.69 Å². The Kier molecular flexibility index (Phi) is 4.00. The van der Waals surface area contributed by atoms with Crippen LogP contribution < -0.4 is 0 Å². The Balaban J connectivity index is 1.88. The fraction of sp³-hybridized carbons (Fsp3) is 0.588. The maximum atomic E-state index is 11.4. The molecule has 3 rings (SSSR count). The van der Waals surface area contributed by atoms with E-state index in [-0.39, 0.29) is 24.0 Å². The largest absolute Gasteiger partial charge is 0.462 e. The minimum absolute atomic E-state index is 0.0555. The fourth-order valence-corrected chi connectivity index (χ4v) is 4.09. The van der Waals surface area contributed by atoms with E-state index in [0.29, 0.717) is 6.04 Å². The average molecular weight is 289 g/mol. The predicted molar refractivity (Wildman–Crippen MR) is 79.6 cm³/mol. The standard InChI is InChI=1S/C17H23NO3/c1-11(19)21-15-10-13-8-9-14(18(13)2)16(15)17(20)12-6-4-3-5-7-12/h3-7,13-17,20H,8-10H2,1-2H3/t13-,14+,15+,16-,17-/m1/s1. The van der Waals surface area contributed by atoms with Crippen molar-refractivity contribution in [1.82, 2.24) is 4.90 Å². The van der Waals surface area contributed by atoms with Crippen molar-refractivity contribution in [2.75, 3.05) is 7.05 Å². The maximum absolute atomic E-state index is 11.4. The highest BCUT2D eigenvalue weighted by atomic mass is 16.5. The number of aliphatic hydroxyl groups is 1. The average Bonchev–Trinajstić information content (AvgIpc) is 2.71. The van der Waals surface area contributed by atoms with E-state index in [1.807, 2.05) is 30.3 Å². The summed E-state index contributed by atoms with van der Waals surface area (Å²) in [5, 5.41) is 10.8. The first-order valence-electron chi connectivity index (χ1n) is 7.70. The van der Waals surface area contributed by atoms with Crippen LogP contribution in [-0.2, 0) is 9.53 Å². The van der Waals surface area contributed by atoms with E-state index in [0.717, 1.165) is 24.8 Å². The number of esters is 1. The molecule has 2 bridgehead atoms. The first-order chi connectivity index (χ1) is 10.1. The molecule has 2 saturated heterocycles. The van der Waals surface area contributed by atoms with Gasteiger partial charge in [0, 0.05) is 31.3 Å². The van der Waals surface area contributed by atoms with Gasteiger partial charge in [0.15, 0.2) is 0 Å². The van der Waals surface area contributed by atoms with Gasteiger partial charge in [0.25, 0.3) is 0 Å². The normalized spacial score (nSPS) is 33.7. The van der Waals surface area contributed by atoms with E-state index in [1.165, 1.54) is 6.92 Å². The fourth-order valence-electron chi connectivity index (χ4n) is 4.09. The van der Waals surface area contributed by atoms with Crippen LogP contribution in [0.3, 0.4) is 0 Å². The molecule has 0 spiro atoms. The Bertz CT molecular complexity index is 504. The molecule has 0 aliphatic carbocycles. The molecule has 0 unspecified atom stereocenters. The summed E-state index contributed by atoms with van der Waals surface area (Å²) < 4.78 is 5.55. The molecule has 2 aliphatic heterocycles. The van der Waals surface area contributed by atoms with E-state index in [2.05, 4.69) is 11.9 Å². The third-order valence-electron chi connectivity index (χ3n) is 5.10. The molecule has 114 valence electrons. The number of nitrogens with zero attached hydrogens (tertiary/aromatic N) is 1. The second-order valence-electron chi connectivity index (χ2n) is 6.28. The quantitative estimate of drug-likeness (QED) is 0.866. The first-order valence-corrected chi connectivity index (χ1v) is 7.70. The van der Waals surface area contributed by atoms with Gasteiger partial charge in [-0.2, -0.15) is 0 Å². The van der Waals surface area contributed by atoms with Gasteiger partial charge in [0.05, 0.1) is 6.10 Å². The van der Waals surface area contributed by atoms with E-state index in [1.54, 1.807) is 0 Å². The zero-order valence-corrected chi connectivity index (χ0v) is 12.6. The Morgan fingerprint density at radius 2 is 2.05 bits per heavy atom. The van der Waals surface area contributed by atoms with Crippen molar-refractivity contribution in [2.45, 2.75) is 50.5 Å². The molecule has 1 aromatic rings. The van der Waals surface area contributed by atoms with Crippen molar-refractivity contribution in [2.24, 2.45) is 5.92 Å². The molecule has 0 saturated carbocycles. The van der Waals surface area contributed by atoms with Gasteiger partial charge in [-0.1, -0.05) is 30.3 Å². The summed E-state index contributed by atoms with van der Waals surface area (Å²) in [6.45, 7) is 1.45. The molecule has 0 amide bonds. The van der Waals surface area contributed by atoms with Crippen molar-refractivity contribution in [3.05, 3.63) is 35.9 Å². The Morgan fingerprint density at radius 3 is 2.71 bits per heavy atom. The van der Waals surface area contributed by atoms with Crippen LogP contribution in [0.25, 0.3) is 0 Å². The lowest BCUT2D eigenvalue weighted by molar-refractivity contribution is -0.159. The molecule has 0 radical (unpaired) electrons. The number of aliphatic hydroxyl groups excluding tert-OH is 1. The molecule has 4 nitrogen and oxygen atoms in total. The van der Waals surface area contributed by atoms with Crippen LogP contribution in [0.1, 0.15) is 37.9 Å². The molecule has 2 heterocycles. The summed E-state index contributed by atoms with van der Waals surface area (Å²) in [4.78, 5) is 13.8. The minimum Gasteiger partial charge on any atom is -0.462 e. The molecule has 0 aromatic heterocycles. The van der Waals surface area contributed by atoms with Gasteiger partial charge in [0.1, 0.15) is 6.10 Å². The highest BCUT2D eigenvalue weighted by Gasteiger charge is 2.49. The van der Waals surface area contributed by atoms with Crippen LogP contribution in [0.4, 0.5) is 0 Å². The summed E-state index contributed by atoms with van der Waals surface area (Å²) in [7, 11) is 2.12. The number of hydrogen-bond acceptors (Lipinski definition) is 4. The minimum atomic E-state index is -0.595. The van der Waals surface area contributed by atoms with Gasteiger partial charge >= 0.3 is 5.97 Å². The number of fused-ring (bicyclic) bond motifs is 2. The van der Waals surface area contributed by atoms with Crippen LogP contribution in [-0.4, -0.2) is 41.2 Å². The number of ether oxygens (including phenoxy) is 1. The topological polar surface area (TPSA) is 49.8 Å². The number of benzene rings is 1. The summed E-state index contributed by atoms with van der Waals surface area (Å²) in [5.41, 5.74) is 0.901. The first kappa shape index (κ1) is 14.5. The van der Waals surface area contributed by atoms with Crippen LogP contribution in [0.5, 0.6) is 0 Å². The predicted octanol–water partition coefficient (Wildman–Crippen LogP) is 2.13. The number of carbonyl (C=O) groups is 1. The lowest BCUT2D eigenvalue weighted by Gasteiger charge is -2.44. The number of piperidine rings is 1. The van der Waals surface area contributed by atoms with E-state index >= 15 is 0 Å². The van der Waals surface area contributed by atoms with Gasteiger partial charge in [-0.15, -0.1) is 0 Å². The number of rotatable bonds is 3. The Hall–Kier alpha value is -1.39. The van der Waals surface area contributed by atoms with Crippen LogP contribution >= 0.6 is 0 Å². The maximum Gasteiger partial charge on any atom is 0.302 e. The van der Waals surface area contributed by atoms with Gasteiger partial charge < -0.3 is 9.84 Å². The van der Waals surface area contributed by atoms with Crippen molar-refractivity contribution in [3.63, 3.8) is 0 Å². The van der Waals surface area contributed by atoms with E-state index < -0.39 is 6.10 Å². The van der Waals surface area contributed by atoms with Crippen LogP contribution in [0.15, 0.2) is 30.3 Å². The smallest absolute Gasteiger partial charge is 0.302 e.